The molecule has 3 N–H and O–H groups in total. The standard InChI is InChI=1S/C22H17F3N4O2/c1-29(22(31)16-5-10-3-2-4-13(23)20(10)27-16)18-9-26-8-17-19(18)11-6-14(24)15(25)7-12(11)21(30)28-17/h2-7,18,26-27H,8-9H2,1H3,(H,28,30). The van der Waals surface area contributed by atoms with Gasteiger partial charge in [0.1, 0.15) is 11.5 Å². The first-order valence-electron chi connectivity index (χ1n) is 9.64. The smallest absolute Gasteiger partial charge is 0.270 e. The summed E-state index contributed by atoms with van der Waals surface area (Å²) in [5.41, 5.74) is 0.942. The zero-order valence-electron chi connectivity index (χ0n) is 16.4. The maximum atomic E-state index is 14.0. The number of nitrogens with zero attached hydrogens (tertiary/aromatic N) is 1. The SMILES string of the molecule is CN(C(=O)c1cc2cccc(F)c2[nH]1)C1CNCc2[nH]c(=O)c3cc(F)c(F)cc3c21. The summed E-state index contributed by atoms with van der Waals surface area (Å²) >= 11 is 0. The van der Waals surface area contributed by atoms with Gasteiger partial charge < -0.3 is 20.2 Å². The van der Waals surface area contributed by atoms with Gasteiger partial charge >= 0.3 is 0 Å². The molecule has 0 aliphatic carbocycles. The fraction of sp³-hybridized carbons (Fsp3) is 0.182. The van der Waals surface area contributed by atoms with Crippen molar-refractivity contribution >= 4 is 27.6 Å². The van der Waals surface area contributed by atoms with Crippen LogP contribution in [0.15, 0.2) is 41.2 Å². The molecule has 0 saturated heterocycles. The molecule has 6 nitrogen and oxygen atoms in total. The number of para-hydroxylation sites is 1. The van der Waals surface area contributed by atoms with Crippen molar-refractivity contribution < 1.29 is 18.0 Å². The molecule has 1 atom stereocenters. The quantitative estimate of drug-likeness (QED) is 0.460. The molecule has 0 fully saturated rings. The molecule has 0 saturated carbocycles. The highest BCUT2D eigenvalue weighted by Crippen LogP contribution is 2.33. The van der Waals surface area contributed by atoms with E-state index in [1.165, 1.54) is 11.0 Å². The van der Waals surface area contributed by atoms with Gasteiger partial charge in [0.2, 0.25) is 0 Å². The van der Waals surface area contributed by atoms with Crippen LogP contribution in [0.4, 0.5) is 13.2 Å². The Morgan fingerprint density at radius 2 is 1.77 bits per heavy atom. The van der Waals surface area contributed by atoms with Gasteiger partial charge in [-0.3, -0.25) is 9.59 Å². The van der Waals surface area contributed by atoms with Crippen LogP contribution in [0.2, 0.25) is 0 Å². The van der Waals surface area contributed by atoms with Gasteiger partial charge in [-0.1, -0.05) is 12.1 Å². The molecule has 4 aromatic rings. The van der Waals surface area contributed by atoms with Crippen LogP contribution in [0.5, 0.6) is 0 Å². The zero-order chi connectivity index (χ0) is 21.9. The van der Waals surface area contributed by atoms with E-state index in [1.807, 2.05) is 0 Å². The van der Waals surface area contributed by atoms with Crippen LogP contribution in [0.25, 0.3) is 21.7 Å². The Morgan fingerprint density at radius 1 is 1.03 bits per heavy atom. The van der Waals surface area contributed by atoms with Gasteiger partial charge in [-0.2, -0.15) is 0 Å². The van der Waals surface area contributed by atoms with E-state index in [0.717, 1.165) is 12.1 Å². The molecule has 0 bridgehead atoms. The lowest BCUT2D eigenvalue weighted by atomic mass is 9.93. The highest BCUT2D eigenvalue weighted by Gasteiger charge is 2.31. The number of amides is 1. The first-order valence-corrected chi connectivity index (χ1v) is 9.64. The van der Waals surface area contributed by atoms with Crippen LogP contribution >= 0.6 is 0 Å². The lowest BCUT2D eigenvalue weighted by molar-refractivity contribution is 0.0718. The van der Waals surface area contributed by atoms with Crippen LogP contribution in [0.3, 0.4) is 0 Å². The summed E-state index contributed by atoms with van der Waals surface area (Å²) in [6, 6.07) is 7.40. The van der Waals surface area contributed by atoms with Crippen molar-refractivity contribution in [3.8, 4) is 0 Å². The average molecular weight is 426 g/mol. The Hall–Kier alpha value is -3.59. The number of benzene rings is 2. The van der Waals surface area contributed by atoms with E-state index in [0.29, 0.717) is 29.7 Å². The molecule has 5 rings (SSSR count). The molecule has 2 aromatic carbocycles. The van der Waals surface area contributed by atoms with Crippen molar-refractivity contribution in [2.45, 2.75) is 12.6 Å². The monoisotopic (exact) mass is 426 g/mol. The van der Waals surface area contributed by atoms with E-state index in [-0.39, 0.29) is 22.0 Å². The fourth-order valence-electron chi connectivity index (χ4n) is 4.24. The summed E-state index contributed by atoms with van der Waals surface area (Å²) in [6.45, 7) is 0.652. The number of fused-ring (bicyclic) bond motifs is 4. The molecule has 9 heteroatoms. The van der Waals surface area contributed by atoms with Crippen molar-refractivity contribution in [2.75, 3.05) is 13.6 Å². The number of aromatic amines is 2. The van der Waals surface area contributed by atoms with Gasteiger partial charge in [-0.15, -0.1) is 0 Å². The van der Waals surface area contributed by atoms with Crippen LogP contribution in [0, 0.1) is 17.5 Å². The first kappa shape index (κ1) is 19.4. The number of H-pyrrole nitrogens is 2. The lowest BCUT2D eigenvalue weighted by Gasteiger charge is -2.34. The summed E-state index contributed by atoms with van der Waals surface area (Å²) in [6.07, 6.45) is 0. The predicted molar refractivity (Wildman–Crippen MR) is 109 cm³/mol. The number of hydrogen-bond acceptors (Lipinski definition) is 3. The second kappa shape index (κ2) is 6.98. The first-order chi connectivity index (χ1) is 14.8. The summed E-state index contributed by atoms with van der Waals surface area (Å²) in [5, 5.41) is 3.96. The molecule has 3 heterocycles. The van der Waals surface area contributed by atoms with Crippen molar-refractivity contribution in [1.82, 2.24) is 20.2 Å². The molecule has 31 heavy (non-hydrogen) atoms. The Morgan fingerprint density at radius 3 is 2.52 bits per heavy atom. The van der Waals surface area contributed by atoms with Gasteiger partial charge in [-0.05, 0) is 29.7 Å². The minimum atomic E-state index is -1.12. The Bertz CT molecular complexity index is 1430. The van der Waals surface area contributed by atoms with Crippen LogP contribution < -0.4 is 10.9 Å². The number of carbonyl (C=O) groups is 1. The van der Waals surface area contributed by atoms with Crippen molar-refractivity contribution in [2.24, 2.45) is 0 Å². The number of hydrogen-bond donors (Lipinski definition) is 3. The largest absolute Gasteiger partial charge is 0.348 e. The number of aromatic nitrogens is 2. The van der Waals surface area contributed by atoms with E-state index in [2.05, 4.69) is 15.3 Å². The van der Waals surface area contributed by atoms with Gasteiger partial charge in [-0.25, -0.2) is 13.2 Å². The van der Waals surface area contributed by atoms with Crippen molar-refractivity contribution in [3.05, 3.63) is 81.2 Å². The predicted octanol–water partition coefficient (Wildman–Crippen LogP) is 3.34. The number of pyridine rings is 1. The topological polar surface area (TPSA) is 81.0 Å². The minimum absolute atomic E-state index is 0.0121. The molecule has 1 aliphatic heterocycles. The van der Waals surface area contributed by atoms with Crippen LogP contribution in [-0.4, -0.2) is 34.4 Å². The molecule has 1 unspecified atom stereocenters. The molecule has 0 radical (unpaired) electrons. The summed E-state index contributed by atoms with van der Waals surface area (Å²) in [7, 11) is 1.57. The number of rotatable bonds is 2. The van der Waals surface area contributed by atoms with Gasteiger partial charge in [0.15, 0.2) is 11.6 Å². The van der Waals surface area contributed by atoms with E-state index < -0.39 is 35.0 Å². The minimum Gasteiger partial charge on any atom is -0.348 e. The maximum absolute atomic E-state index is 14.0. The van der Waals surface area contributed by atoms with E-state index in [4.69, 9.17) is 0 Å². The van der Waals surface area contributed by atoms with Crippen molar-refractivity contribution in [1.29, 1.82) is 0 Å². The maximum Gasteiger partial charge on any atom is 0.270 e. The lowest BCUT2D eigenvalue weighted by Crippen LogP contribution is -2.42. The molecule has 158 valence electrons. The molecule has 0 spiro atoms. The van der Waals surface area contributed by atoms with E-state index in [1.54, 1.807) is 25.2 Å². The third kappa shape index (κ3) is 3.00. The number of likely N-dealkylation sites (N-methyl/N-ethyl adjacent to an activating group) is 1. The second-order valence-corrected chi connectivity index (χ2v) is 7.61. The normalized spacial score (nSPS) is 15.9. The molecular weight excluding hydrogens is 409 g/mol. The van der Waals surface area contributed by atoms with Gasteiger partial charge in [0.25, 0.3) is 11.5 Å². The Labute approximate surface area is 173 Å². The highest BCUT2D eigenvalue weighted by atomic mass is 19.2. The van der Waals surface area contributed by atoms with E-state index in [9.17, 15) is 22.8 Å². The average Bonchev–Trinajstić information content (AvgIpc) is 3.19. The Kier molecular flexibility index (Phi) is 4.37. The van der Waals surface area contributed by atoms with Gasteiger partial charge in [0.05, 0.1) is 16.9 Å². The molecule has 2 aromatic heterocycles. The van der Waals surface area contributed by atoms with Crippen LogP contribution in [0.1, 0.15) is 27.8 Å². The molecular formula is C22H17F3N4O2. The second-order valence-electron chi connectivity index (χ2n) is 7.61. The number of halogens is 3. The molecule has 1 amide bonds. The summed E-state index contributed by atoms with van der Waals surface area (Å²) in [5.74, 6) is -3.06. The summed E-state index contributed by atoms with van der Waals surface area (Å²) < 4.78 is 41.8. The number of nitrogens with one attached hydrogen (secondary N) is 3. The third-order valence-corrected chi connectivity index (χ3v) is 5.78. The Balaban J connectivity index is 1.62. The van der Waals surface area contributed by atoms with Crippen LogP contribution in [-0.2, 0) is 6.54 Å². The summed E-state index contributed by atoms with van der Waals surface area (Å²) in [4.78, 5) is 32.5. The van der Waals surface area contributed by atoms with Gasteiger partial charge in [0, 0.05) is 36.8 Å². The third-order valence-electron chi connectivity index (χ3n) is 5.78. The highest BCUT2D eigenvalue weighted by molar-refractivity contribution is 5.98. The van der Waals surface area contributed by atoms with E-state index >= 15 is 0 Å². The fourth-order valence-corrected chi connectivity index (χ4v) is 4.24. The zero-order valence-corrected chi connectivity index (χ0v) is 16.4. The molecule has 1 aliphatic rings. The van der Waals surface area contributed by atoms with Crippen molar-refractivity contribution in [3.63, 3.8) is 0 Å². The number of carbonyl (C=O) groups excluding carboxylic acids is 1.